The van der Waals surface area contributed by atoms with Crippen molar-refractivity contribution in [1.82, 2.24) is 10.2 Å². The largest absolute Gasteiger partial charge is 0.345 e. The van der Waals surface area contributed by atoms with E-state index in [0.29, 0.717) is 17.3 Å². The van der Waals surface area contributed by atoms with E-state index in [1.54, 1.807) is 43.1 Å². The minimum Gasteiger partial charge on any atom is -0.345 e. The van der Waals surface area contributed by atoms with Crippen molar-refractivity contribution in [1.29, 1.82) is 0 Å². The van der Waals surface area contributed by atoms with Gasteiger partial charge in [-0.05, 0) is 32.0 Å². The van der Waals surface area contributed by atoms with Crippen LogP contribution in [-0.2, 0) is 9.59 Å². The third kappa shape index (κ3) is 5.19. The Morgan fingerprint density at radius 3 is 2.70 bits per heavy atom. The van der Waals surface area contributed by atoms with Gasteiger partial charge in [0.15, 0.2) is 0 Å². The molecule has 0 radical (unpaired) electrons. The Morgan fingerprint density at radius 1 is 1.40 bits per heavy atom. The molecular weight excluding hydrogens is 278 g/mol. The minimum absolute atomic E-state index is 0.0388. The van der Waals surface area contributed by atoms with E-state index < -0.39 is 6.04 Å². The molecule has 0 bridgehead atoms. The first kappa shape index (κ1) is 16.5. The van der Waals surface area contributed by atoms with Gasteiger partial charge in [-0.15, -0.1) is 0 Å². The summed E-state index contributed by atoms with van der Waals surface area (Å²) in [5.74, 6) is -0.255. The molecule has 20 heavy (non-hydrogen) atoms. The summed E-state index contributed by atoms with van der Waals surface area (Å²) in [5, 5.41) is 6.16. The maximum atomic E-state index is 11.8. The van der Waals surface area contributed by atoms with Crippen molar-refractivity contribution in [3.63, 3.8) is 0 Å². The molecule has 1 rings (SSSR count). The van der Waals surface area contributed by atoms with Gasteiger partial charge in [0.1, 0.15) is 0 Å². The summed E-state index contributed by atoms with van der Waals surface area (Å²) in [6.45, 7) is 4.34. The molecule has 110 valence electrons. The Morgan fingerprint density at radius 2 is 2.10 bits per heavy atom. The molecule has 0 aliphatic heterocycles. The first-order chi connectivity index (χ1) is 9.43. The fraction of sp³-hybridized carbons (Fsp3) is 0.429. The molecule has 0 heterocycles. The number of rotatable bonds is 6. The highest BCUT2D eigenvalue weighted by Gasteiger charge is 2.16. The standard InChI is InChI=1S/C14H20ClN3O2/c1-4-18(3)14(20)10(2)16-9-13(19)17-12-7-5-6-11(15)8-12/h5-8,10,16H,4,9H2,1-3H3,(H,17,19). The SMILES string of the molecule is CCN(C)C(=O)C(C)NCC(=O)Nc1cccc(Cl)c1. The molecule has 1 aromatic carbocycles. The number of benzene rings is 1. The lowest BCUT2D eigenvalue weighted by molar-refractivity contribution is -0.131. The van der Waals surface area contributed by atoms with Crippen LogP contribution in [0.3, 0.4) is 0 Å². The fourth-order valence-electron chi connectivity index (χ4n) is 1.59. The average molecular weight is 298 g/mol. The molecule has 0 saturated heterocycles. The number of nitrogens with zero attached hydrogens (tertiary/aromatic N) is 1. The number of carbonyl (C=O) groups excluding carboxylic acids is 2. The highest BCUT2D eigenvalue weighted by molar-refractivity contribution is 6.30. The van der Waals surface area contributed by atoms with Crippen LogP contribution in [0.25, 0.3) is 0 Å². The number of carbonyl (C=O) groups is 2. The molecule has 2 amide bonds. The van der Waals surface area contributed by atoms with Crippen molar-refractivity contribution in [2.75, 3.05) is 25.5 Å². The van der Waals surface area contributed by atoms with Crippen LogP contribution in [0.5, 0.6) is 0 Å². The first-order valence-electron chi connectivity index (χ1n) is 6.47. The van der Waals surface area contributed by atoms with Crippen molar-refractivity contribution in [3.05, 3.63) is 29.3 Å². The predicted octanol–water partition coefficient (Wildman–Crippen LogP) is 1.73. The van der Waals surface area contributed by atoms with Gasteiger partial charge in [0.2, 0.25) is 11.8 Å². The molecule has 5 nitrogen and oxygen atoms in total. The van der Waals surface area contributed by atoms with E-state index in [1.165, 1.54) is 0 Å². The molecule has 0 fully saturated rings. The minimum atomic E-state index is -0.398. The van der Waals surface area contributed by atoms with Crippen LogP contribution in [0.4, 0.5) is 5.69 Å². The van der Waals surface area contributed by atoms with Gasteiger partial charge in [-0.2, -0.15) is 0 Å². The smallest absolute Gasteiger partial charge is 0.239 e. The first-order valence-corrected chi connectivity index (χ1v) is 6.85. The highest BCUT2D eigenvalue weighted by atomic mass is 35.5. The van der Waals surface area contributed by atoms with Crippen molar-refractivity contribution in [2.24, 2.45) is 0 Å². The van der Waals surface area contributed by atoms with Gasteiger partial charge in [0.25, 0.3) is 0 Å². The van der Waals surface area contributed by atoms with E-state index in [2.05, 4.69) is 10.6 Å². The van der Waals surface area contributed by atoms with Gasteiger partial charge >= 0.3 is 0 Å². The quantitative estimate of drug-likeness (QED) is 0.841. The van der Waals surface area contributed by atoms with Gasteiger partial charge in [0.05, 0.1) is 12.6 Å². The van der Waals surface area contributed by atoms with E-state index in [9.17, 15) is 9.59 Å². The van der Waals surface area contributed by atoms with Crippen LogP contribution in [0.1, 0.15) is 13.8 Å². The number of halogens is 1. The second kappa shape index (κ2) is 7.87. The lowest BCUT2D eigenvalue weighted by atomic mass is 10.3. The van der Waals surface area contributed by atoms with Crippen LogP contribution >= 0.6 is 11.6 Å². The number of hydrogen-bond acceptors (Lipinski definition) is 3. The van der Waals surface area contributed by atoms with E-state index >= 15 is 0 Å². The molecular formula is C14H20ClN3O2. The van der Waals surface area contributed by atoms with Crippen molar-refractivity contribution < 1.29 is 9.59 Å². The van der Waals surface area contributed by atoms with E-state index in [1.807, 2.05) is 6.92 Å². The number of anilines is 1. The van der Waals surface area contributed by atoms with Gasteiger partial charge in [-0.25, -0.2) is 0 Å². The lowest BCUT2D eigenvalue weighted by Gasteiger charge is -2.20. The topological polar surface area (TPSA) is 61.4 Å². The molecule has 0 aromatic heterocycles. The van der Waals surface area contributed by atoms with Gasteiger partial charge < -0.3 is 10.2 Å². The number of nitrogens with one attached hydrogen (secondary N) is 2. The zero-order valence-corrected chi connectivity index (χ0v) is 12.7. The zero-order valence-electron chi connectivity index (χ0n) is 11.9. The molecule has 0 spiro atoms. The normalized spacial score (nSPS) is 11.8. The second-order valence-corrected chi connectivity index (χ2v) is 4.95. The maximum absolute atomic E-state index is 11.8. The number of hydrogen-bond donors (Lipinski definition) is 2. The molecule has 0 aliphatic carbocycles. The Labute approximate surface area is 124 Å². The Balaban J connectivity index is 2.42. The van der Waals surface area contributed by atoms with E-state index in [-0.39, 0.29) is 18.4 Å². The van der Waals surface area contributed by atoms with Crippen molar-refractivity contribution in [3.8, 4) is 0 Å². The van der Waals surface area contributed by atoms with Crippen molar-refractivity contribution >= 4 is 29.1 Å². The monoisotopic (exact) mass is 297 g/mol. The second-order valence-electron chi connectivity index (χ2n) is 4.51. The van der Waals surface area contributed by atoms with E-state index in [4.69, 9.17) is 11.6 Å². The van der Waals surface area contributed by atoms with Gasteiger partial charge in [-0.1, -0.05) is 17.7 Å². The summed E-state index contributed by atoms with van der Waals surface area (Å²) >= 11 is 5.83. The lowest BCUT2D eigenvalue weighted by Crippen LogP contribution is -2.45. The predicted molar refractivity (Wildman–Crippen MR) is 80.9 cm³/mol. The van der Waals surface area contributed by atoms with Crippen LogP contribution in [-0.4, -0.2) is 42.9 Å². The summed E-state index contributed by atoms with van der Waals surface area (Å²) in [6, 6.07) is 6.51. The molecule has 1 aromatic rings. The maximum Gasteiger partial charge on any atom is 0.239 e. The third-order valence-corrected chi connectivity index (χ3v) is 3.13. The zero-order chi connectivity index (χ0) is 15.1. The van der Waals surface area contributed by atoms with Crippen LogP contribution < -0.4 is 10.6 Å². The molecule has 0 saturated carbocycles. The molecule has 6 heteroatoms. The summed E-state index contributed by atoms with van der Waals surface area (Å²) in [7, 11) is 1.73. The Kier molecular flexibility index (Phi) is 6.48. The fourth-order valence-corrected chi connectivity index (χ4v) is 1.78. The van der Waals surface area contributed by atoms with Crippen LogP contribution in [0.15, 0.2) is 24.3 Å². The number of likely N-dealkylation sites (N-methyl/N-ethyl adjacent to an activating group) is 1. The van der Waals surface area contributed by atoms with Crippen molar-refractivity contribution in [2.45, 2.75) is 19.9 Å². The Hall–Kier alpha value is -1.59. The van der Waals surface area contributed by atoms with E-state index in [0.717, 1.165) is 0 Å². The molecule has 1 unspecified atom stereocenters. The summed E-state index contributed by atoms with van der Waals surface area (Å²) in [4.78, 5) is 25.2. The molecule has 2 N–H and O–H groups in total. The number of amides is 2. The molecule has 1 atom stereocenters. The van der Waals surface area contributed by atoms with Crippen LogP contribution in [0.2, 0.25) is 5.02 Å². The third-order valence-electron chi connectivity index (χ3n) is 2.90. The average Bonchev–Trinajstić information content (AvgIpc) is 2.43. The summed E-state index contributed by atoms with van der Waals surface area (Å²) in [5.41, 5.74) is 0.633. The Bertz CT molecular complexity index is 479. The molecule has 0 aliphatic rings. The van der Waals surface area contributed by atoms with Crippen LogP contribution in [0, 0.1) is 0 Å². The highest BCUT2D eigenvalue weighted by Crippen LogP contribution is 2.14. The summed E-state index contributed by atoms with van der Waals surface area (Å²) in [6.07, 6.45) is 0. The summed E-state index contributed by atoms with van der Waals surface area (Å²) < 4.78 is 0. The van der Waals surface area contributed by atoms with Gasteiger partial charge in [-0.3, -0.25) is 14.9 Å². The van der Waals surface area contributed by atoms with Gasteiger partial charge in [0, 0.05) is 24.3 Å².